The molecule has 0 aliphatic carbocycles. The fraction of sp³-hybridized carbons (Fsp3) is 0.417. The minimum Gasteiger partial charge on any atom is -0.473 e. The van der Waals surface area contributed by atoms with Crippen molar-refractivity contribution in [2.75, 3.05) is 11.9 Å². The molecule has 0 fully saturated rings. The molecule has 0 spiro atoms. The lowest BCUT2D eigenvalue weighted by atomic mass is 10.2. The van der Waals surface area contributed by atoms with Crippen molar-refractivity contribution in [2.45, 2.75) is 26.3 Å². The molecule has 0 amide bonds. The molecular weight excluding hydrogens is 347 g/mol. The Bertz CT molecular complexity index is 708. The Kier molecular flexibility index (Phi) is 5.56. The van der Waals surface area contributed by atoms with E-state index < -0.39 is 4.92 Å². The summed E-state index contributed by atoms with van der Waals surface area (Å²) in [5.41, 5.74) is 0.120. The number of aromatic amines is 1. The Morgan fingerprint density at radius 3 is 2.96 bits per heavy atom. The van der Waals surface area contributed by atoms with E-state index in [-0.39, 0.29) is 35.2 Å². The molecule has 0 aliphatic heterocycles. The van der Waals surface area contributed by atoms with Crippen molar-refractivity contribution < 1.29 is 9.66 Å². The zero-order valence-electron chi connectivity index (χ0n) is 12.3. The number of rotatable bonds is 7. The van der Waals surface area contributed by atoms with Crippen LogP contribution < -0.4 is 10.1 Å². The van der Waals surface area contributed by atoms with Crippen molar-refractivity contribution in [3.8, 4) is 5.88 Å². The summed E-state index contributed by atoms with van der Waals surface area (Å²) in [4.78, 5) is 18.1. The molecule has 2 rings (SSSR count). The number of H-pyrrole nitrogens is 1. The Hall–Kier alpha value is -2.13. The summed E-state index contributed by atoms with van der Waals surface area (Å²) >= 11 is 11.7. The van der Waals surface area contributed by atoms with Gasteiger partial charge < -0.3 is 10.1 Å². The van der Waals surface area contributed by atoms with E-state index in [0.717, 1.165) is 0 Å². The third-order valence-corrected chi connectivity index (χ3v) is 3.42. The molecule has 0 bridgehead atoms. The number of nitrogens with zero attached hydrogens (tertiary/aromatic N) is 4. The second-order valence-corrected chi connectivity index (χ2v) is 5.51. The molecule has 0 saturated carbocycles. The summed E-state index contributed by atoms with van der Waals surface area (Å²) in [7, 11) is 0. The van der Waals surface area contributed by atoms with Crippen molar-refractivity contribution in [3.63, 3.8) is 0 Å². The number of halogens is 2. The van der Waals surface area contributed by atoms with Crippen molar-refractivity contribution in [1.29, 1.82) is 0 Å². The maximum atomic E-state index is 10.9. The monoisotopic (exact) mass is 360 g/mol. The molecule has 1 unspecified atom stereocenters. The second-order valence-electron chi connectivity index (χ2n) is 4.76. The van der Waals surface area contributed by atoms with Crippen LogP contribution in [0.3, 0.4) is 0 Å². The second kappa shape index (κ2) is 7.42. The fourth-order valence-electron chi connectivity index (χ4n) is 1.81. The van der Waals surface area contributed by atoms with Crippen LogP contribution in [0.5, 0.6) is 5.88 Å². The van der Waals surface area contributed by atoms with Crippen LogP contribution in [0.4, 0.5) is 11.5 Å². The lowest BCUT2D eigenvalue weighted by Gasteiger charge is -2.15. The summed E-state index contributed by atoms with van der Waals surface area (Å²) in [5.74, 6) is 0.463. The maximum absolute atomic E-state index is 10.9. The Morgan fingerprint density at radius 1 is 1.52 bits per heavy atom. The molecule has 0 saturated heterocycles. The Balaban J connectivity index is 1.89. The third-order valence-electron chi connectivity index (χ3n) is 2.96. The van der Waals surface area contributed by atoms with Gasteiger partial charge in [0.15, 0.2) is 0 Å². The van der Waals surface area contributed by atoms with Crippen LogP contribution in [0.15, 0.2) is 6.20 Å². The molecule has 1 atom stereocenters. The van der Waals surface area contributed by atoms with Gasteiger partial charge in [0.2, 0.25) is 5.28 Å². The molecular formula is C12H14Cl2N6O3. The van der Waals surface area contributed by atoms with Crippen molar-refractivity contribution in [1.82, 2.24) is 20.2 Å². The highest BCUT2D eigenvalue weighted by atomic mass is 35.5. The van der Waals surface area contributed by atoms with Crippen molar-refractivity contribution >= 4 is 34.7 Å². The molecule has 0 aromatic carbocycles. The predicted molar refractivity (Wildman–Crippen MR) is 85.2 cm³/mol. The van der Waals surface area contributed by atoms with Gasteiger partial charge in [-0.3, -0.25) is 10.1 Å². The first-order chi connectivity index (χ1) is 10.9. The fourth-order valence-corrected chi connectivity index (χ4v) is 2.09. The minimum absolute atomic E-state index is 0.0443. The van der Waals surface area contributed by atoms with E-state index in [4.69, 9.17) is 27.9 Å². The van der Waals surface area contributed by atoms with E-state index in [1.165, 1.54) is 13.1 Å². The first kappa shape index (κ1) is 17.2. The van der Waals surface area contributed by atoms with Crippen LogP contribution in [0, 0.1) is 17.0 Å². The molecule has 2 heterocycles. The van der Waals surface area contributed by atoms with Gasteiger partial charge in [-0.1, -0.05) is 11.6 Å². The van der Waals surface area contributed by atoms with Gasteiger partial charge in [0.1, 0.15) is 16.5 Å². The summed E-state index contributed by atoms with van der Waals surface area (Å²) < 4.78 is 5.39. The van der Waals surface area contributed by atoms with Gasteiger partial charge in [0.05, 0.1) is 17.7 Å². The predicted octanol–water partition coefficient (Wildman–Crippen LogP) is 2.99. The van der Waals surface area contributed by atoms with Gasteiger partial charge in [0.25, 0.3) is 5.88 Å². The van der Waals surface area contributed by atoms with Crippen molar-refractivity contribution in [3.05, 3.63) is 32.3 Å². The smallest absolute Gasteiger partial charge is 0.353 e. The van der Waals surface area contributed by atoms with E-state index in [1.54, 1.807) is 0 Å². The molecule has 124 valence electrons. The number of anilines is 1. The molecule has 9 nitrogen and oxygen atoms in total. The highest BCUT2D eigenvalue weighted by Gasteiger charge is 2.22. The number of aryl methyl sites for hydroxylation is 1. The Labute approximate surface area is 141 Å². The quantitative estimate of drug-likeness (QED) is 0.442. The average Bonchev–Trinajstić information content (AvgIpc) is 2.84. The third kappa shape index (κ3) is 4.42. The maximum Gasteiger partial charge on any atom is 0.353 e. The lowest BCUT2D eigenvalue weighted by Crippen LogP contribution is -2.19. The topological polar surface area (TPSA) is 119 Å². The average molecular weight is 361 g/mol. The van der Waals surface area contributed by atoms with Gasteiger partial charge in [-0.25, -0.2) is 10.1 Å². The van der Waals surface area contributed by atoms with Crippen LogP contribution in [0.25, 0.3) is 0 Å². The first-order valence-electron chi connectivity index (χ1n) is 6.65. The highest BCUT2D eigenvalue weighted by Crippen LogP contribution is 2.27. The van der Waals surface area contributed by atoms with Gasteiger partial charge >= 0.3 is 5.69 Å². The van der Waals surface area contributed by atoms with E-state index in [0.29, 0.717) is 17.3 Å². The van der Waals surface area contributed by atoms with Crippen LogP contribution in [-0.2, 0) is 0 Å². The zero-order valence-corrected chi connectivity index (χ0v) is 13.9. The first-order valence-corrected chi connectivity index (χ1v) is 7.40. The van der Waals surface area contributed by atoms with Gasteiger partial charge in [-0.15, -0.1) is 0 Å². The van der Waals surface area contributed by atoms with Crippen LogP contribution in [0.1, 0.15) is 19.0 Å². The zero-order chi connectivity index (χ0) is 17.0. The molecule has 23 heavy (non-hydrogen) atoms. The van der Waals surface area contributed by atoms with Crippen LogP contribution in [0.2, 0.25) is 10.3 Å². The highest BCUT2D eigenvalue weighted by molar-refractivity contribution is 6.33. The van der Waals surface area contributed by atoms with E-state index in [1.807, 2.05) is 6.92 Å². The van der Waals surface area contributed by atoms with E-state index >= 15 is 0 Å². The number of ether oxygens (including phenoxy) is 1. The van der Waals surface area contributed by atoms with Gasteiger partial charge in [-0.2, -0.15) is 10.1 Å². The number of hydrogen-bond donors (Lipinski definition) is 2. The normalized spacial score (nSPS) is 12.0. The van der Waals surface area contributed by atoms with Crippen LogP contribution >= 0.6 is 23.2 Å². The largest absolute Gasteiger partial charge is 0.473 e. The lowest BCUT2D eigenvalue weighted by molar-refractivity contribution is -0.386. The van der Waals surface area contributed by atoms with Gasteiger partial charge in [0, 0.05) is 12.5 Å². The molecule has 2 aromatic heterocycles. The summed E-state index contributed by atoms with van der Waals surface area (Å²) in [6.07, 6.45) is 1.95. The van der Waals surface area contributed by atoms with Gasteiger partial charge in [-0.05, 0) is 25.4 Å². The van der Waals surface area contributed by atoms with Crippen LogP contribution in [-0.4, -0.2) is 37.7 Å². The number of nitrogens with one attached hydrogen (secondary N) is 2. The SMILES string of the molecule is Cc1n[nH]c(OCCC(C)Nc2nc(Cl)ncc2Cl)c1[N+](=O)[O-]. The molecule has 0 aliphatic rings. The summed E-state index contributed by atoms with van der Waals surface area (Å²) in [6.45, 7) is 3.67. The summed E-state index contributed by atoms with van der Waals surface area (Å²) in [6, 6.07) is -0.0541. The number of aromatic nitrogens is 4. The number of hydrogen-bond acceptors (Lipinski definition) is 7. The minimum atomic E-state index is -0.529. The summed E-state index contributed by atoms with van der Waals surface area (Å²) in [5, 5.41) is 20.7. The molecule has 11 heteroatoms. The molecule has 0 radical (unpaired) electrons. The van der Waals surface area contributed by atoms with E-state index in [2.05, 4.69) is 25.5 Å². The standard InChI is InChI=1S/C12H14Cl2N6O3/c1-6(16-10-8(13)5-15-12(14)17-10)3-4-23-11-9(20(21)22)7(2)18-19-11/h5-6H,3-4H2,1-2H3,(H,18,19)(H,15,16,17). The van der Waals surface area contributed by atoms with Crippen molar-refractivity contribution in [2.24, 2.45) is 0 Å². The van der Waals surface area contributed by atoms with E-state index in [9.17, 15) is 10.1 Å². The molecule has 2 N–H and O–H groups in total. The Morgan fingerprint density at radius 2 is 2.26 bits per heavy atom. The molecule has 2 aromatic rings. The number of nitro groups is 1.